The fourth-order valence-electron chi connectivity index (χ4n) is 2.60. The van der Waals surface area contributed by atoms with E-state index in [2.05, 4.69) is 4.98 Å². The highest BCUT2D eigenvalue weighted by Crippen LogP contribution is 2.28. The van der Waals surface area contributed by atoms with Gasteiger partial charge in [-0.1, -0.05) is 36.4 Å². The Balaban J connectivity index is 2.05. The number of aromatic nitrogens is 1. The molecule has 2 N–H and O–H groups in total. The van der Waals surface area contributed by atoms with Gasteiger partial charge >= 0.3 is 0 Å². The highest BCUT2D eigenvalue weighted by Gasteiger charge is 2.12. The maximum absolute atomic E-state index is 13.6. The van der Waals surface area contributed by atoms with E-state index in [-0.39, 0.29) is 11.7 Å². The molecule has 4 heteroatoms. The first kappa shape index (κ1) is 14.2. The Kier molecular flexibility index (Phi) is 3.83. The highest BCUT2D eigenvalue weighted by molar-refractivity contribution is 6.01. The molecule has 0 bridgehead atoms. The van der Waals surface area contributed by atoms with Crippen molar-refractivity contribution in [2.24, 2.45) is 0 Å². The molecule has 0 spiro atoms. The van der Waals surface area contributed by atoms with E-state index in [4.69, 9.17) is 5.41 Å². The lowest BCUT2D eigenvalue weighted by Crippen LogP contribution is -2.00. The van der Waals surface area contributed by atoms with Crippen molar-refractivity contribution < 1.29 is 9.50 Å². The number of hydrogen-bond acceptors (Lipinski definition) is 3. The summed E-state index contributed by atoms with van der Waals surface area (Å²) in [4.78, 5) is 4.17. The van der Waals surface area contributed by atoms with Gasteiger partial charge in [-0.25, -0.2) is 9.37 Å². The Morgan fingerprint density at radius 3 is 2.55 bits per heavy atom. The Morgan fingerprint density at radius 2 is 1.82 bits per heavy atom. The Labute approximate surface area is 127 Å². The number of benzene rings is 2. The molecule has 0 aliphatic carbocycles. The number of aryl methyl sites for hydroxylation is 2. The molecular weight excluding hydrogens is 279 g/mol. The average Bonchev–Trinajstić information content (AvgIpc) is 2.54. The van der Waals surface area contributed by atoms with Gasteiger partial charge in [0.05, 0.1) is 11.3 Å². The molecule has 0 amide bonds. The third-order valence-electron chi connectivity index (χ3n) is 3.70. The predicted molar refractivity (Wildman–Crippen MR) is 85.1 cm³/mol. The maximum atomic E-state index is 13.6. The van der Waals surface area contributed by atoms with Crippen LogP contribution in [0.4, 0.5) is 4.39 Å². The molecule has 0 aliphatic rings. The second-order valence-corrected chi connectivity index (χ2v) is 5.12. The molecule has 0 fully saturated rings. The molecule has 2 aromatic carbocycles. The summed E-state index contributed by atoms with van der Waals surface area (Å²) in [5.41, 5.74) is 2.12. The molecule has 0 radical (unpaired) electrons. The Hall–Kier alpha value is -2.75. The lowest BCUT2D eigenvalue weighted by Gasteiger charge is -2.10. The van der Waals surface area contributed by atoms with Crippen molar-refractivity contribution in [3.05, 3.63) is 71.2 Å². The van der Waals surface area contributed by atoms with Crippen molar-refractivity contribution in [3.63, 3.8) is 0 Å². The van der Waals surface area contributed by atoms with E-state index < -0.39 is 0 Å². The van der Waals surface area contributed by atoms with Crippen molar-refractivity contribution in [2.75, 3.05) is 0 Å². The van der Waals surface area contributed by atoms with Crippen molar-refractivity contribution in [1.82, 2.24) is 4.98 Å². The number of halogens is 1. The SMILES string of the molecule is N=Cc1c(O)nc(CCc2ccccc2)c2cc(F)ccc12. The topological polar surface area (TPSA) is 57.0 Å². The molecule has 0 saturated carbocycles. The smallest absolute Gasteiger partial charge is 0.220 e. The van der Waals surface area contributed by atoms with E-state index >= 15 is 0 Å². The van der Waals surface area contributed by atoms with E-state index in [9.17, 15) is 9.50 Å². The van der Waals surface area contributed by atoms with Crippen molar-refractivity contribution in [3.8, 4) is 5.88 Å². The molecule has 110 valence electrons. The predicted octanol–water partition coefficient (Wildman–Crippen LogP) is 3.86. The molecule has 0 unspecified atom stereocenters. The standard InChI is InChI=1S/C18H15FN2O/c19-13-7-8-14-15(10-13)17(21-18(22)16(14)11-20)9-6-12-4-2-1-3-5-12/h1-5,7-8,10-11,20H,6,9H2,(H,21,22). The Bertz CT molecular complexity index is 831. The van der Waals surface area contributed by atoms with Crippen LogP contribution >= 0.6 is 0 Å². The fourth-order valence-corrected chi connectivity index (χ4v) is 2.60. The molecule has 3 rings (SSSR count). The number of hydrogen-bond donors (Lipinski definition) is 2. The number of aromatic hydroxyl groups is 1. The van der Waals surface area contributed by atoms with Gasteiger partial charge in [-0.2, -0.15) is 0 Å². The van der Waals surface area contributed by atoms with Gasteiger partial charge < -0.3 is 10.5 Å². The molecule has 3 nitrogen and oxygen atoms in total. The molecule has 1 heterocycles. The fraction of sp³-hybridized carbons (Fsp3) is 0.111. The Morgan fingerprint density at radius 1 is 1.05 bits per heavy atom. The van der Waals surface area contributed by atoms with Gasteiger partial charge in [0.2, 0.25) is 5.88 Å². The van der Waals surface area contributed by atoms with Crippen LogP contribution < -0.4 is 0 Å². The summed E-state index contributed by atoms with van der Waals surface area (Å²) in [6.07, 6.45) is 2.39. The molecule has 0 atom stereocenters. The van der Waals surface area contributed by atoms with Crippen LogP contribution in [0.3, 0.4) is 0 Å². The van der Waals surface area contributed by atoms with Crippen LogP contribution in [-0.2, 0) is 12.8 Å². The second-order valence-electron chi connectivity index (χ2n) is 5.12. The molecule has 3 aromatic rings. The number of fused-ring (bicyclic) bond motifs is 1. The van der Waals surface area contributed by atoms with Gasteiger partial charge in [0.15, 0.2) is 0 Å². The molecule has 22 heavy (non-hydrogen) atoms. The van der Waals surface area contributed by atoms with E-state index in [0.29, 0.717) is 28.5 Å². The third kappa shape index (κ3) is 2.68. The van der Waals surface area contributed by atoms with Gasteiger partial charge in [-0.05, 0) is 35.9 Å². The minimum absolute atomic E-state index is 0.183. The maximum Gasteiger partial charge on any atom is 0.220 e. The first-order chi connectivity index (χ1) is 10.7. The summed E-state index contributed by atoms with van der Waals surface area (Å²) in [5.74, 6) is -0.533. The quantitative estimate of drug-likeness (QED) is 0.718. The molecular formula is C18H15FN2O. The summed E-state index contributed by atoms with van der Waals surface area (Å²) in [7, 11) is 0. The third-order valence-corrected chi connectivity index (χ3v) is 3.70. The number of rotatable bonds is 4. The second kappa shape index (κ2) is 5.93. The van der Waals surface area contributed by atoms with E-state index in [0.717, 1.165) is 18.2 Å². The molecule has 0 saturated heterocycles. The summed E-state index contributed by atoms with van der Waals surface area (Å²) in [6, 6.07) is 14.3. The normalized spacial score (nSPS) is 10.8. The van der Waals surface area contributed by atoms with Gasteiger partial charge in [-0.15, -0.1) is 0 Å². The first-order valence-corrected chi connectivity index (χ1v) is 7.04. The van der Waals surface area contributed by atoms with Crippen LogP contribution in [-0.4, -0.2) is 16.3 Å². The van der Waals surface area contributed by atoms with Gasteiger partial charge in [-0.3, -0.25) is 0 Å². The van der Waals surface area contributed by atoms with Crippen molar-refractivity contribution >= 4 is 17.0 Å². The lowest BCUT2D eigenvalue weighted by molar-refractivity contribution is 0.451. The van der Waals surface area contributed by atoms with Gasteiger partial charge in [0, 0.05) is 11.6 Å². The van der Waals surface area contributed by atoms with Crippen LogP contribution in [0.2, 0.25) is 0 Å². The average molecular weight is 294 g/mol. The zero-order chi connectivity index (χ0) is 15.5. The summed E-state index contributed by atoms with van der Waals surface area (Å²) in [6.45, 7) is 0. The van der Waals surface area contributed by atoms with Crippen LogP contribution in [0.1, 0.15) is 16.8 Å². The summed E-state index contributed by atoms with van der Waals surface area (Å²) in [5, 5.41) is 18.7. The van der Waals surface area contributed by atoms with Gasteiger partial charge in [0.1, 0.15) is 5.82 Å². The van der Waals surface area contributed by atoms with Crippen LogP contribution in [0.15, 0.2) is 48.5 Å². The van der Waals surface area contributed by atoms with E-state index in [1.165, 1.54) is 12.1 Å². The lowest BCUT2D eigenvalue weighted by atomic mass is 10.0. The minimum Gasteiger partial charge on any atom is -0.493 e. The van der Waals surface area contributed by atoms with Crippen LogP contribution in [0.25, 0.3) is 10.8 Å². The summed E-state index contributed by atoms with van der Waals surface area (Å²) < 4.78 is 13.6. The highest BCUT2D eigenvalue weighted by atomic mass is 19.1. The molecule has 0 aliphatic heterocycles. The van der Waals surface area contributed by atoms with Crippen molar-refractivity contribution in [2.45, 2.75) is 12.8 Å². The zero-order valence-electron chi connectivity index (χ0n) is 11.9. The molecule has 1 aromatic heterocycles. The van der Waals surface area contributed by atoms with E-state index in [1.54, 1.807) is 6.07 Å². The van der Waals surface area contributed by atoms with Crippen LogP contribution in [0, 0.1) is 11.2 Å². The number of nitrogens with zero attached hydrogens (tertiary/aromatic N) is 1. The number of pyridine rings is 1. The van der Waals surface area contributed by atoms with E-state index in [1.807, 2.05) is 30.3 Å². The monoisotopic (exact) mass is 294 g/mol. The summed E-state index contributed by atoms with van der Waals surface area (Å²) >= 11 is 0. The largest absolute Gasteiger partial charge is 0.493 e. The van der Waals surface area contributed by atoms with Crippen molar-refractivity contribution in [1.29, 1.82) is 5.41 Å². The minimum atomic E-state index is -0.350. The first-order valence-electron chi connectivity index (χ1n) is 7.04. The van der Waals surface area contributed by atoms with Gasteiger partial charge in [0.25, 0.3) is 0 Å². The van der Waals surface area contributed by atoms with Crippen LogP contribution in [0.5, 0.6) is 5.88 Å². The zero-order valence-corrected chi connectivity index (χ0v) is 11.9. The number of nitrogens with one attached hydrogen (secondary N) is 1.